The summed E-state index contributed by atoms with van der Waals surface area (Å²) in [6.07, 6.45) is -4.56. The van der Waals surface area contributed by atoms with Gasteiger partial charge in [-0.25, -0.2) is 24.5 Å². The zero-order valence-corrected chi connectivity index (χ0v) is 26.5. The molecule has 10 atom stereocenters. The van der Waals surface area contributed by atoms with E-state index in [0.717, 1.165) is 0 Å². The predicted octanol–water partition coefficient (Wildman–Crippen LogP) is -0.880. The molecule has 0 aromatic carbocycles. The van der Waals surface area contributed by atoms with Gasteiger partial charge in [0.1, 0.15) is 48.0 Å². The summed E-state index contributed by atoms with van der Waals surface area (Å²) in [5.74, 6) is -0.0633. The van der Waals surface area contributed by atoms with Crippen LogP contribution in [0.25, 0.3) is 22.3 Å². The molecule has 4 bridgehead atoms. The number of aromatic amines is 1. The molecule has 4 fully saturated rings. The molecule has 46 heavy (non-hydrogen) atoms. The van der Waals surface area contributed by atoms with Crippen molar-refractivity contribution in [2.45, 2.75) is 48.6 Å². The van der Waals surface area contributed by atoms with Gasteiger partial charge in [0.15, 0.2) is 35.1 Å². The van der Waals surface area contributed by atoms with Crippen LogP contribution in [0.5, 0.6) is 0 Å². The maximum Gasteiger partial charge on any atom is 0.386 e. The number of rotatable bonds is 2. The lowest BCUT2D eigenvalue weighted by Crippen LogP contribution is -2.45. The monoisotopic (exact) mass is 718 g/mol. The second kappa shape index (κ2) is 10.7. The van der Waals surface area contributed by atoms with Gasteiger partial charge in [-0.15, -0.1) is 0 Å². The summed E-state index contributed by atoms with van der Waals surface area (Å²) in [6.45, 7) is -9.59. The Hall–Kier alpha value is -2.63. The number of nitrogens with two attached hydrogens (primary N) is 2. The third-order valence-corrected chi connectivity index (χ3v) is 11.2. The van der Waals surface area contributed by atoms with E-state index in [-0.39, 0.29) is 29.5 Å². The third-order valence-electron chi connectivity index (χ3n) is 8.05. The van der Waals surface area contributed by atoms with Gasteiger partial charge in [-0.3, -0.25) is 32.5 Å². The number of nitrogen functional groups attached to an aromatic ring is 2. The van der Waals surface area contributed by atoms with E-state index < -0.39 is 80.9 Å². The van der Waals surface area contributed by atoms with Crippen LogP contribution in [-0.4, -0.2) is 105 Å². The van der Waals surface area contributed by atoms with Crippen molar-refractivity contribution in [2.75, 3.05) is 31.3 Å². The number of imidazole rings is 2. The first kappa shape index (κ1) is 30.7. The minimum atomic E-state index is -4.36. The molecule has 8 rings (SSSR count). The smallest absolute Gasteiger partial charge is 0.386 e. The van der Waals surface area contributed by atoms with Crippen molar-refractivity contribution in [1.82, 2.24) is 39.0 Å². The fourth-order valence-corrected chi connectivity index (χ4v) is 8.91. The number of thiol groups is 1. The second-order valence-corrected chi connectivity index (χ2v) is 16.5. The number of aromatic nitrogens is 8. The second-order valence-electron chi connectivity index (χ2n) is 10.9. The molecule has 0 amide bonds. The number of aliphatic hydroxyl groups excluding tert-OH is 1. The highest BCUT2D eigenvalue weighted by Crippen LogP contribution is 2.61. The SMILES string of the molecule is Nc1nc2c(ncn2[C@@H]2O[C@@H]3COP(O)(=S)OC4[C@@H]5OC[C@]4(COP(=O)(S)O[C@H]2C3O)O[C@H]5n2cnc3c(N)ncnc32)c(=O)[nH]1. The van der Waals surface area contributed by atoms with Crippen molar-refractivity contribution < 1.29 is 46.9 Å². The number of ether oxygens (including phenoxy) is 3. The Bertz CT molecular complexity index is 2030. The molecule has 25 heteroatoms. The zero-order valence-electron chi connectivity index (χ0n) is 23.0. The lowest BCUT2D eigenvalue weighted by atomic mass is 10.0. The van der Waals surface area contributed by atoms with Gasteiger partial charge in [-0.1, -0.05) is 12.2 Å². The van der Waals surface area contributed by atoms with Gasteiger partial charge in [0, 0.05) is 0 Å². The van der Waals surface area contributed by atoms with E-state index in [1.165, 1.54) is 23.5 Å². The predicted molar refractivity (Wildman–Crippen MR) is 160 cm³/mol. The van der Waals surface area contributed by atoms with E-state index >= 15 is 0 Å². The molecular formula is C21H24N10O11P2S2. The first-order chi connectivity index (χ1) is 21.8. The molecule has 21 nitrogen and oxygen atoms in total. The Morgan fingerprint density at radius 2 is 1.80 bits per heavy atom. The Balaban J connectivity index is 1.14. The first-order valence-electron chi connectivity index (χ1n) is 13.4. The van der Waals surface area contributed by atoms with Crippen LogP contribution in [0.4, 0.5) is 11.8 Å². The molecule has 0 saturated carbocycles. The third kappa shape index (κ3) is 4.89. The van der Waals surface area contributed by atoms with Gasteiger partial charge in [-0.05, 0) is 11.8 Å². The molecule has 4 aromatic rings. The summed E-state index contributed by atoms with van der Waals surface area (Å²) in [5, 5.41) is 11.2. The molecule has 8 heterocycles. The average Bonchev–Trinajstić information content (AvgIpc) is 3.80. The summed E-state index contributed by atoms with van der Waals surface area (Å²) in [7, 11) is 0. The summed E-state index contributed by atoms with van der Waals surface area (Å²) < 4.78 is 58.1. The molecule has 4 aliphatic heterocycles. The number of H-pyrrole nitrogens is 1. The lowest BCUT2D eigenvalue weighted by Gasteiger charge is -2.33. The molecule has 7 N–H and O–H groups in total. The van der Waals surface area contributed by atoms with Crippen LogP contribution < -0.4 is 17.0 Å². The number of hydrogen-bond acceptors (Lipinski definition) is 18. The number of nitrogens with zero attached hydrogens (tertiary/aromatic N) is 7. The van der Waals surface area contributed by atoms with Crippen LogP contribution in [0.2, 0.25) is 0 Å². The normalized spacial score (nSPS) is 39.7. The molecule has 0 spiro atoms. The summed E-state index contributed by atoms with van der Waals surface area (Å²) >= 11 is 9.51. The van der Waals surface area contributed by atoms with Crippen LogP contribution in [-0.2, 0) is 48.7 Å². The highest BCUT2D eigenvalue weighted by Gasteiger charge is 2.65. The zero-order chi connectivity index (χ0) is 32.2. The Morgan fingerprint density at radius 1 is 1.04 bits per heavy atom. The first-order valence-corrected chi connectivity index (χ1v) is 18.7. The number of hydrogen-bond donors (Lipinski definition) is 6. The highest BCUT2D eigenvalue weighted by molar-refractivity contribution is 8.44. The van der Waals surface area contributed by atoms with Crippen LogP contribution >= 0.6 is 25.8 Å². The van der Waals surface area contributed by atoms with Gasteiger partial charge in [-0.2, -0.15) is 4.98 Å². The summed E-state index contributed by atoms with van der Waals surface area (Å²) in [6, 6.07) is 0. The number of fused-ring (bicyclic) bond motifs is 4. The quantitative estimate of drug-likeness (QED) is 0.108. The number of aliphatic hydroxyl groups is 1. The molecule has 4 aliphatic rings. The van der Waals surface area contributed by atoms with E-state index in [0.29, 0.717) is 11.2 Å². The Morgan fingerprint density at radius 3 is 2.61 bits per heavy atom. The topological polar surface area (TPSA) is 281 Å². The van der Waals surface area contributed by atoms with Crippen molar-refractivity contribution in [1.29, 1.82) is 0 Å². The van der Waals surface area contributed by atoms with Crippen molar-refractivity contribution in [3.8, 4) is 0 Å². The van der Waals surface area contributed by atoms with E-state index in [2.05, 4.69) is 42.2 Å². The van der Waals surface area contributed by atoms with Crippen molar-refractivity contribution in [3.63, 3.8) is 0 Å². The molecular weight excluding hydrogens is 694 g/mol. The standard InChI is InChI=1S/C21H24N10O11P2S2/c22-14-8-15(25-4-24-14)30(5-26-8)19-12-13-21(40-19,2-36-12)3-38-44(35,46)41-11-10(32)7(1-37-43(34,45)42-13)39-18(11)31-6-27-9-16(31)28-20(23)29-17(9)33/h4-7,10-13,18-19,32H,1-3H2,(H,34,45)(H,35,46)(H2,22,24,25)(H3,23,28,29,33)/t7-,10?,11+,12+,13?,18-,19-,21-,43?,44?/m1/s1. The molecule has 0 aliphatic carbocycles. The van der Waals surface area contributed by atoms with Gasteiger partial charge >= 0.3 is 13.5 Å². The molecule has 4 saturated heterocycles. The minimum absolute atomic E-state index is 0.0133. The van der Waals surface area contributed by atoms with E-state index in [1.807, 2.05) is 0 Å². The van der Waals surface area contributed by atoms with Gasteiger partial charge in [0.05, 0.1) is 32.5 Å². The number of nitrogens with one attached hydrogen (secondary N) is 1. The lowest BCUT2D eigenvalue weighted by molar-refractivity contribution is -0.183. The largest absolute Gasteiger partial charge is 0.387 e. The van der Waals surface area contributed by atoms with E-state index in [9.17, 15) is 19.4 Å². The average molecular weight is 719 g/mol. The van der Waals surface area contributed by atoms with Crippen LogP contribution in [0, 0.1) is 0 Å². The molecule has 246 valence electrons. The van der Waals surface area contributed by atoms with Crippen molar-refractivity contribution >= 4 is 71.7 Å². The fraction of sp³-hybridized carbons (Fsp3) is 0.524. The maximum atomic E-state index is 13.7. The van der Waals surface area contributed by atoms with Crippen LogP contribution in [0.3, 0.4) is 0 Å². The van der Waals surface area contributed by atoms with Gasteiger partial charge < -0.3 is 40.2 Å². The van der Waals surface area contributed by atoms with Crippen LogP contribution in [0.1, 0.15) is 12.5 Å². The van der Waals surface area contributed by atoms with Gasteiger partial charge in [0.25, 0.3) is 5.56 Å². The van der Waals surface area contributed by atoms with Gasteiger partial charge in [0.2, 0.25) is 5.95 Å². The molecule has 0 radical (unpaired) electrons. The van der Waals surface area contributed by atoms with Crippen molar-refractivity contribution in [3.05, 3.63) is 29.3 Å². The minimum Gasteiger partial charge on any atom is -0.387 e. The highest BCUT2D eigenvalue weighted by atomic mass is 32.7. The summed E-state index contributed by atoms with van der Waals surface area (Å²) in [4.78, 5) is 46.5. The fourth-order valence-electron chi connectivity index (χ4n) is 5.97. The molecule has 4 unspecified atom stereocenters. The van der Waals surface area contributed by atoms with Crippen molar-refractivity contribution in [2.24, 2.45) is 0 Å². The maximum absolute atomic E-state index is 13.7. The molecule has 4 aromatic heterocycles. The van der Waals surface area contributed by atoms with E-state index in [1.54, 1.807) is 4.57 Å². The Labute approximate surface area is 266 Å². The van der Waals surface area contributed by atoms with Crippen LogP contribution in [0.15, 0.2) is 23.8 Å². The number of anilines is 2. The Kier molecular flexibility index (Phi) is 7.13. The summed E-state index contributed by atoms with van der Waals surface area (Å²) in [5.41, 5.74) is 10.1. The van der Waals surface area contributed by atoms with E-state index in [4.69, 9.17) is 55.6 Å².